The number of sulfone groups is 1. The molecule has 124 valence electrons. The third-order valence-electron chi connectivity index (χ3n) is 3.65. The highest BCUT2D eigenvalue weighted by Crippen LogP contribution is 2.39. The molecule has 3 rings (SSSR count). The molecule has 2 heterocycles. The van der Waals surface area contributed by atoms with Crippen LogP contribution in [0.5, 0.6) is 11.5 Å². The van der Waals surface area contributed by atoms with Crippen LogP contribution in [0.2, 0.25) is 5.02 Å². The largest absolute Gasteiger partial charge is 0.454 e. The van der Waals surface area contributed by atoms with E-state index in [1.54, 1.807) is 12.1 Å². The quantitative estimate of drug-likeness (QED) is 0.647. The van der Waals surface area contributed by atoms with Crippen LogP contribution in [0.15, 0.2) is 17.2 Å². The molecular weight excluding hydrogens is 344 g/mol. The highest BCUT2D eigenvalue weighted by Gasteiger charge is 2.29. The SMILES string of the molecule is O=C(C[C@H]1CCS(=O)(=O)C1)N/N=C\c1cc(Cl)c2c(c1)OCO2. The second-order valence-corrected chi connectivity index (χ2v) is 8.14. The van der Waals surface area contributed by atoms with Crippen molar-refractivity contribution in [2.75, 3.05) is 18.3 Å². The topological polar surface area (TPSA) is 94.1 Å². The highest BCUT2D eigenvalue weighted by atomic mass is 35.5. The maximum Gasteiger partial charge on any atom is 0.240 e. The fourth-order valence-corrected chi connectivity index (χ4v) is 4.72. The molecule has 2 aliphatic heterocycles. The number of fused-ring (bicyclic) bond motifs is 1. The first-order chi connectivity index (χ1) is 10.9. The lowest BCUT2D eigenvalue weighted by atomic mass is 10.1. The van der Waals surface area contributed by atoms with E-state index in [-0.39, 0.29) is 36.5 Å². The average molecular weight is 359 g/mol. The molecule has 0 aromatic heterocycles. The van der Waals surface area contributed by atoms with Gasteiger partial charge in [-0.05, 0) is 30.0 Å². The molecule has 1 amide bonds. The van der Waals surface area contributed by atoms with Gasteiger partial charge in [-0.25, -0.2) is 13.8 Å². The van der Waals surface area contributed by atoms with Crippen molar-refractivity contribution >= 4 is 33.6 Å². The van der Waals surface area contributed by atoms with Gasteiger partial charge in [0.15, 0.2) is 21.3 Å². The van der Waals surface area contributed by atoms with E-state index in [1.165, 1.54) is 6.21 Å². The molecule has 0 unspecified atom stereocenters. The van der Waals surface area contributed by atoms with E-state index in [9.17, 15) is 13.2 Å². The molecule has 0 aliphatic carbocycles. The van der Waals surface area contributed by atoms with E-state index in [1.807, 2.05) is 0 Å². The van der Waals surface area contributed by atoms with Gasteiger partial charge in [0.05, 0.1) is 22.7 Å². The summed E-state index contributed by atoms with van der Waals surface area (Å²) in [5, 5.41) is 4.26. The number of hydrogen-bond donors (Lipinski definition) is 1. The zero-order valence-electron chi connectivity index (χ0n) is 12.1. The Labute approximate surface area is 138 Å². The zero-order chi connectivity index (χ0) is 16.4. The molecule has 7 nitrogen and oxygen atoms in total. The molecule has 1 atom stereocenters. The summed E-state index contributed by atoms with van der Waals surface area (Å²) in [6.07, 6.45) is 2.12. The number of benzene rings is 1. The number of nitrogens with zero attached hydrogens (tertiary/aromatic N) is 1. The molecule has 0 radical (unpaired) electrons. The number of halogens is 1. The van der Waals surface area contributed by atoms with Crippen LogP contribution in [0.4, 0.5) is 0 Å². The number of hydrogen-bond acceptors (Lipinski definition) is 6. The Kier molecular flexibility index (Phi) is 4.45. The van der Waals surface area contributed by atoms with Crippen LogP contribution in [-0.2, 0) is 14.6 Å². The number of hydrazone groups is 1. The van der Waals surface area contributed by atoms with E-state index in [0.717, 1.165) is 0 Å². The predicted octanol–water partition coefficient (Wildman–Crippen LogP) is 1.34. The number of amides is 1. The van der Waals surface area contributed by atoms with Crippen LogP contribution in [-0.4, -0.2) is 38.8 Å². The summed E-state index contributed by atoms with van der Waals surface area (Å²) in [5.41, 5.74) is 3.05. The smallest absolute Gasteiger partial charge is 0.240 e. The molecule has 1 aromatic rings. The minimum atomic E-state index is -2.97. The Hall–Kier alpha value is -1.80. The average Bonchev–Trinajstić information content (AvgIpc) is 3.05. The van der Waals surface area contributed by atoms with Gasteiger partial charge >= 0.3 is 0 Å². The van der Waals surface area contributed by atoms with Crippen LogP contribution in [0.25, 0.3) is 0 Å². The molecule has 1 saturated heterocycles. The second kappa shape index (κ2) is 6.37. The van der Waals surface area contributed by atoms with Gasteiger partial charge in [-0.3, -0.25) is 4.79 Å². The maximum absolute atomic E-state index is 11.8. The monoisotopic (exact) mass is 358 g/mol. The summed E-state index contributed by atoms with van der Waals surface area (Å²) in [6, 6.07) is 3.35. The first-order valence-electron chi connectivity index (χ1n) is 7.04. The lowest BCUT2D eigenvalue weighted by Crippen LogP contribution is -2.21. The number of carbonyl (C=O) groups is 1. The third kappa shape index (κ3) is 3.94. The Balaban J connectivity index is 1.55. The summed E-state index contributed by atoms with van der Waals surface area (Å²) in [7, 11) is -2.97. The highest BCUT2D eigenvalue weighted by molar-refractivity contribution is 7.91. The molecule has 1 aromatic carbocycles. The van der Waals surface area contributed by atoms with Gasteiger partial charge in [0, 0.05) is 6.42 Å². The standard InChI is InChI=1S/C14H15ClN2O5S/c15-11-3-10(4-12-14(11)22-8-21-12)6-16-17-13(18)5-9-1-2-23(19,20)7-9/h3-4,6,9H,1-2,5,7-8H2,(H,17,18)/b16-6-/t9-/m1/s1. The Morgan fingerprint density at radius 2 is 2.26 bits per heavy atom. The summed E-state index contributed by atoms with van der Waals surface area (Å²) in [5.74, 6) is 0.813. The lowest BCUT2D eigenvalue weighted by molar-refractivity contribution is -0.121. The summed E-state index contributed by atoms with van der Waals surface area (Å²) in [4.78, 5) is 11.8. The zero-order valence-corrected chi connectivity index (χ0v) is 13.7. The Morgan fingerprint density at radius 1 is 1.43 bits per heavy atom. The van der Waals surface area contributed by atoms with Crippen LogP contribution < -0.4 is 14.9 Å². The van der Waals surface area contributed by atoms with Gasteiger partial charge in [-0.15, -0.1) is 0 Å². The van der Waals surface area contributed by atoms with Gasteiger partial charge in [-0.2, -0.15) is 5.10 Å². The van der Waals surface area contributed by atoms with E-state index in [4.69, 9.17) is 21.1 Å². The maximum atomic E-state index is 11.8. The van der Waals surface area contributed by atoms with Crippen LogP contribution >= 0.6 is 11.6 Å². The number of carbonyl (C=O) groups excluding carboxylic acids is 1. The fourth-order valence-electron chi connectivity index (χ4n) is 2.58. The Morgan fingerprint density at radius 3 is 3.00 bits per heavy atom. The van der Waals surface area contributed by atoms with Crippen LogP contribution in [0.3, 0.4) is 0 Å². The minimum Gasteiger partial charge on any atom is -0.454 e. The molecule has 1 fully saturated rings. The van der Waals surface area contributed by atoms with E-state index in [0.29, 0.717) is 28.5 Å². The first kappa shape index (κ1) is 16.1. The van der Waals surface area contributed by atoms with Crippen LogP contribution in [0, 0.1) is 5.92 Å². The van der Waals surface area contributed by atoms with Crippen molar-refractivity contribution in [1.29, 1.82) is 0 Å². The van der Waals surface area contributed by atoms with Crippen molar-refractivity contribution in [2.24, 2.45) is 11.0 Å². The molecule has 9 heteroatoms. The number of rotatable bonds is 4. The number of ether oxygens (including phenoxy) is 2. The van der Waals surface area contributed by atoms with E-state index >= 15 is 0 Å². The van der Waals surface area contributed by atoms with Crippen molar-refractivity contribution in [3.8, 4) is 11.5 Å². The number of nitrogens with one attached hydrogen (secondary N) is 1. The van der Waals surface area contributed by atoms with Crippen molar-refractivity contribution in [3.63, 3.8) is 0 Å². The van der Waals surface area contributed by atoms with E-state index < -0.39 is 9.84 Å². The van der Waals surface area contributed by atoms with Gasteiger partial charge in [0.2, 0.25) is 12.7 Å². The molecular formula is C14H15ClN2O5S. The van der Waals surface area contributed by atoms with E-state index in [2.05, 4.69) is 10.5 Å². The van der Waals surface area contributed by atoms with Gasteiger partial charge in [0.25, 0.3) is 0 Å². The summed E-state index contributed by atoms with van der Waals surface area (Å²) in [6.45, 7) is 0.122. The van der Waals surface area contributed by atoms with Gasteiger partial charge in [0.1, 0.15) is 0 Å². The van der Waals surface area contributed by atoms with Crippen molar-refractivity contribution < 1.29 is 22.7 Å². The van der Waals surface area contributed by atoms with Crippen molar-refractivity contribution in [1.82, 2.24) is 5.43 Å². The van der Waals surface area contributed by atoms with Gasteiger partial charge < -0.3 is 9.47 Å². The molecule has 0 bridgehead atoms. The first-order valence-corrected chi connectivity index (χ1v) is 9.24. The predicted molar refractivity (Wildman–Crippen MR) is 84.7 cm³/mol. The minimum absolute atomic E-state index is 0.0713. The summed E-state index contributed by atoms with van der Waals surface area (Å²) >= 11 is 6.05. The normalized spacial score (nSPS) is 21.7. The fraction of sp³-hybridized carbons (Fsp3) is 0.429. The molecule has 1 N–H and O–H groups in total. The summed E-state index contributed by atoms with van der Waals surface area (Å²) < 4.78 is 33.1. The molecule has 23 heavy (non-hydrogen) atoms. The second-order valence-electron chi connectivity index (χ2n) is 5.50. The van der Waals surface area contributed by atoms with Gasteiger partial charge in [-0.1, -0.05) is 11.6 Å². The Bertz CT molecular complexity index is 763. The van der Waals surface area contributed by atoms with Crippen LogP contribution in [0.1, 0.15) is 18.4 Å². The lowest BCUT2D eigenvalue weighted by Gasteiger charge is -2.05. The molecule has 0 saturated carbocycles. The van der Waals surface area contributed by atoms with Crippen molar-refractivity contribution in [3.05, 3.63) is 22.7 Å². The third-order valence-corrected chi connectivity index (χ3v) is 5.77. The van der Waals surface area contributed by atoms with Crippen molar-refractivity contribution in [2.45, 2.75) is 12.8 Å². The molecule has 2 aliphatic rings. The molecule has 0 spiro atoms.